The molecule has 0 unspecified atom stereocenters. The average molecular weight is 1410 g/mol. The summed E-state index contributed by atoms with van der Waals surface area (Å²) >= 11 is 18.7. The Morgan fingerprint density at radius 2 is 1.49 bits per heavy atom. The van der Waals surface area contributed by atoms with Gasteiger partial charge in [-0.15, -0.1) is 62.2 Å². The number of carbonyl (C=O) groups is 2. The summed E-state index contributed by atoms with van der Waals surface area (Å²) in [4.78, 5) is 56.3. The van der Waals surface area contributed by atoms with E-state index in [-0.39, 0.29) is 36.1 Å². The molecule has 4 N–H and O–H groups in total. The molecule has 1 saturated heterocycles. The van der Waals surface area contributed by atoms with Gasteiger partial charge in [0.05, 0.1) is 27.2 Å². The first-order valence-corrected chi connectivity index (χ1v) is 28.7. The standard InChI is InChI=1S/C13H6Br2F6N2O2S.C12H7ClF6N4S.C11H19NOS.C10H7N3S.CH3NOS/c1-4-22-10(12(16,17)18)9(26-4)11(24)23-8-6(14)2-5(3-7(8)15)25-13(19,20)21;1-20-10-23(7-4-2-6(13)3-5-7)8(21-11(14,15)16)9(24-10)22-12(17,18)19;1-2-3-4-5-6-7-9-12-11(13)8-10-14-12;1-2-4-8-7(3-1)12-10(13-8)9-5-14-6-11-9;2-1(3)4/h2-3H,1H3,(H,23,24);2-5H,1H3;8,10H,2-7,9H2,1H3;1-6H,(H,12,13);(H3,2,3,4)/b;20-10-,21-8+,22-9-;;;. The number of fused-ring (bicyclic) bond motifs is 1. The number of aryl methyl sites for hydroxylation is 2. The van der Waals surface area contributed by atoms with Gasteiger partial charge in [0.25, 0.3) is 16.7 Å². The Morgan fingerprint density at radius 1 is 0.878 bits per heavy atom. The molecule has 0 saturated carbocycles. The fourth-order valence-electron chi connectivity index (χ4n) is 6.44. The number of imidazole rings is 1. The van der Waals surface area contributed by atoms with Crippen LogP contribution in [0, 0.1) is 6.92 Å². The molecule has 3 aromatic carbocycles. The molecular formula is C47H42Br2ClF12N11O4S5. The summed E-state index contributed by atoms with van der Waals surface area (Å²) < 4.78 is 157. The van der Waals surface area contributed by atoms with Crippen molar-refractivity contribution in [2.24, 2.45) is 20.7 Å². The Balaban J connectivity index is 0.000000237. The summed E-state index contributed by atoms with van der Waals surface area (Å²) in [6.07, 6.45) is -12.2. The highest BCUT2D eigenvalue weighted by Gasteiger charge is 2.42. The second-order valence-corrected chi connectivity index (χ2v) is 22.2. The lowest BCUT2D eigenvalue weighted by Gasteiger charge is -2.18. The van der Waals surface area contributed by atoms with Gasteiger partial charge in [0.15, 0.2) is 27.6 Å². The summed E-state index contributed by atoms with van der Waals surface area (Å²) in [6, 6.07) is 16.8. The highest BCUT2D eigenvalue weighted by atomic mass is 79.9. The van der Waals surface area contributed by atoms with Crippen LogP contribution in [0.5, 0.6) is 5.75 Å². The Morgan fingerprint density at radius 3 is 2.01 bits per heavy atom. The molecule has 0 bridgehead atoms. The topological polar surface area (TPSA) is 198 Å². The molecule has 1 aliphatic rings. The normalized spacial score (nSPS) is 14.1. The van der Waals surface area contributed by atoms with Gasteiger partial charge in [-0.05, 0) is 105 Å². The number of para-hydroxylation sites is 2. The number of nitrogens with one attached hydrogen (secondary N) is 2. The number of halogens is 15. The number of hydrogen-bond acceptors (Lipinski definition) is 14. The van der Waals surface area contributed by atoms with E-state index in [0.29, 0.717) is 28.1 Å². The van der Waals surface area contributed by atoms with Crippen molar-refractivity contribution < 1.29 is 67.0 Å². The van der Waals surface area contributed by atoms with E-state index < -0.39 is 63.5 Å². The van der Waals surface area contributed by atoms with Crippen LogP contribution < -0.4 is 26.2 Å². The van der Waals surface area contributed by atoms with E-state index in [1.807, 2.05) is 44.5 Å². The number of thiol groups is 1. The number of thioether (sulfide) groups is 1. The molecule has 8 rings (SSSR count). The van der Waals surface area contributed by atoms with Gasteiger partial charge in [-0.2, -0.15) is 23.2 Å². The average Bonchev–Trinajstić information content (AvgIpc) is 4.38. The van der Waals surface area contributed by atoms with E-state index in [9.17, 15) is 62.3 Å². The SMILES string of the molecule is C/N=C1\SC(=N\C(F)(F)F)/C(=N\C(F)(F)F)N1c1ccc(Cl)cc1.CCCCCCCCn1sccc1=O.Cc1nc(C(F)(F)F)c(C(=O)Nc2c(Br)cc(OC(F)(F)F)cc2Br)s1.NC(=O)S.c1ccc2[nH]c(-c3cscn3)nc2c1. The lowest BCUT2D eigenvalue weighted by atomic mass is 10.1. The smallest absolute Gasteiger partial charge is 0.406 e. The number of H-pyrrole nitrogens is 1. The van der Waals surface area contributed by atoms with Crippen molar-refractivity contribution in [2.75, 3.05) is 17.3 Å². The van der Waals surface area contributed by atoms with Gasteiger partial charge < -0.3 is 20.8 Å². The van der Waals surface area contributed by atoms with E-state index in [1.54, 1.807) is 17.4 Å². The number of hydrogen-bond donors (Lipinski definition) is 4. The largest absolute Gasteiger partial charge is 0.573 e. The second-order valence-electron chi connectivity index (χ2n) is 15.8. The summed E-state index contributed by atoms with van der Waals surface area (Å²) in [7, 11) is 1.23. The van der Waals surface area contributed by atoms with Crippen molar-refractivity contribution in [1.29, 1.82) is 0 Å². The van der Waals surface area contributed by atoms with Crippen molar-refractivity contribution in [3.63, 3.8) is 0 Å². The third-order valence-electron chi connectivity index (χ3n) is 9.64. The fraction of sp³-hybridized carbons (Fsp3) is 0.298. The highest BCUT2D eigenvalue weighted by Crippen LogP contribution is 2.40. The maximum atomic E-state index is 13.0. The number of nitrogens with two attached hydrogens (primary N) is 1. The molecule has 2 amide bonds. The molecule has 7 aromatic rings. The molecule has 0 spiro atoms. The van der Waals surface area contributed by atoms with E-state index in [0.717, 1.165) is 52.5 Å². The number of aromatic amines is 1. The van der Waals surface area contributed by atoms with Crippen LogP contribution in [0.3, 0.4) is 0 Å². The minimum atomic E-state index is -5.09. The van der Waals surface area contributed by atoms with Gasteiger partial charge in [0, 0.05) is 50.1 Å². The summed E-state index contributed by atoms with van der Waals surface area (Å²) in [6.45, 7) is 4.44. The third kappa shape index (κ3) is 23.3. The van der Waals surface area contributed by atoms with Gasteiger partial charge in [-0.3, -0.25) is 28.2 Å². The Bertz CT molecular complexity index is 3310. The molecule has 35 heteroatoms. The van der Waals surface area contributed by atoms with Crippen molar-refractivity contribution in [2.45, 2.75) is 84.1 Å². The number of ether oxygens (including phenoxy) is 1. The van der Waals surface area contributed by atoms with Crippen LogP contribution in [0.4, 0.5) is 68.9 Å². The minimum Gasteiger partial charge on any atom is -0.406 e. The summed E-state index contributed by atoms with van der Waals surface area (Å²) in [5, 5.41) is 4.67. The van der Waals surface area contributed by atoms with Gasteiger partial charge in [-0.25, -0.2) is 15.0 Å². The molecule has 4 aromatic heterocycles. The van der Waals surface area contributed by atoms with Crippen LogP contribution in [-0.4, -0.2) is 77.1 Å². The quantitative estimate of drug-likeness (QED) is 0.0398. The van der Waals surface area contributed by atoms with Gasteiger partial charge in [0.1, 0.15) is 16.3 Å². The summed E-state index contributed by atoms with van der Waals surface area (Å²) in [5.41, 5.74) is 7.96. The molecule has 1 aliphatic heterocycles. The predicted octanol–water partition coefficient (Wildman–Crippen LogP) is 16.8. The zero-order chi connectivity index (χ0) is 61.2. The number of carbonyl (C=O) groups excluding carboxylic acids is 2. The number of primary amides is 1. The first kappa shape index (κ1) is 69.0. The number of rotatable bonds is 12. The predicted molar refractivity (Wildman–Crippen MR) is 308 cm³/mol. The second kappa shape index (κ2) is 31.4. The molecule has 0 atom stereocenters. The first-order chi connectivity index (χ1) is 38.3. The maximum absolute atomic E-state index is 13.0. The van der Waals surface area contributed by atoms with Crippen molar-refractivity contribution in [1.82, 2.24) is 23.9 Å². The molecule has 0 radical (unpaired) electrons. The number of amidine groups is 2. The lowest BCUT2D eigenvalue weighted by Crippen LogP contribution is -2.33. The highest BCUT2D eigenvalue weighted by molar-refractivity contribution is 9.11. The van der Waals surface area contributed by atoms with Crippen molar-refractivity contribution >= 4 is 152 Å². The molecule has 1 fully saturated rings. The zero-order valence-corrected chi connectivity index (χ0v) is 50.2. The number of nitrogens with zero attached hydrogens (tertiary/aromatic N) is 8. The Hall–Kier alpha value is -5.52. The molecule has 0 aliphatic carbocycles. The number of alkyl halides is 12. The van der Waals surface area contributed by atoms with Gasteiger partial charge in [0.2, 0.25) is 0 Å². The van der Waals surface area contributed by atoms with Crippen LogP contribution in [-0.2, 0) is 12.7 Å². The van der Waals surface area contributed by atoms with Crippen LogP contribution in [0.15, 0.2) is 112 Å². The van der Waals surface area contributed by atoms with E-state index >= 15 is 0 Å². The Labute approximate surface area is 501 Å². The molecule has 5 heterocycles. The number of anilines is 2. The molecule has 15 nitrogen and oxygen atoms in total. The number of amides is 2. The van der Waals surface area contributed by atoms with Crippen molar-refractivity contribution in [3.8, 4) is 17.3 Å². The summed E-state index contributed by atoms with van der Waals surface area (Å²) in [5.74, 6) is -1.85. The number of aromatic nitrogens is 5. The number of benzene rings is 3. The van der Waals surface area contributed by atoms with Gasteiger partial charge >= 0.3 is 25.1 Å². The monoisotopic (exact) mass is 1400 g/mol. The van der Waals surface area contributed by atoms with Crippen LogP contribution in [0.1, 0.15) is 65.8 Å². The van der Waals surface area contributed by atoms with Crippen LogP contribution in [0.2, 0.25) is 5.02 Å². The fourth-order valence-corrected chi connectivity index (χ4v) is 10.9. The number of unbranched alkanes of at least 4 members (excludes halogenated alkanes) is 5. The van der Waals surface area contributed by atoms with E-state index in [1.165, 1.54) is 81.9 Å². The third-order valence-corrected chi connectivity index (χ3v) is 14.6. The Kier molecular flexibility index (Phi) is 26.4. The van der Waals surface area contributed by atoms with Gasteiger partial charge in [-0.1, -0.05) is 86.9 Å². The number of aliphatic imine (C=N–C) groups is 3. The van der Waals surface area contributed by atoms with Crippen LogP contribution in [0.25, 0.3) is 22.6 Å². The van der Waals surface area contributed by atoms with E-state index in [4.69, 9.17) is 16.4 Å². The minimum absolute atomic E-state index is 0.0331. The molecule has 444 valence electrons. The lowest BCUT2D eigenvalue weighted by molar-refractivity contribution is -0.274. The van der Waals surface area contributed by atoms with E-state index in [2.05, 4.69) is 102 Å². The number of thiazole rings is 2. The zero-order valence-electron chi connectivity index (χ0n) is 42.1. The molecule has 82 heavy (non-hydrogen) atoms. The van der Waals surface area contributed by atoms with Crippen LogP contribution >= 0.6 is 102 Å². The maximum Gasteiger partial charge on any atom is 0.573 e. The molecular weight excluding hydrogens is 1370 g/mol. The first-order valence-electron chi connectivity index (χ1n) is 22.9. The van der Waals surface area contributed by atoms with Crippen molar-refractivity contribution in [3.05, 3.63) is 123 Å².